The Bertz CT molecular complexity index is 201. The van der Waals surface area contributed by atoms with Crippen molar-refractivity contribution in [2.24, 2.45) is 5.92 Å². The van der Waals surface area contributed by atoms with Crippen LogP contribution in [0.15, 0.2) is 0 Å². The van der Waals surface area contributed by atoms with Crippen LogP contribution in [0, 0.1) is 5.92 Å². The normalized spacial score (nSPS) is 12.5. The molecule has 4 heteroatoms. The summed E-state index contributed by atoms with van der Waals surface area (Å²) in [6, 6.07) is -0.424. The molecule has 0 saturated carbocycles. The summed E-state index contributed by atoms with van der Waals surface area (Å²) in [5.41, 5.74) is 0. The minimum Gasteiger partial charge on any atom is -0.453 e. The van der Waals surface area contributed by atoms with Crippen molar-refractivity contribution in [3.63, 3.8) is 0 Å². The molecule has 0 aliphatic heterocycles. The first-order valence-corrected chi connectivity index (χ1v) is 4.26. The zero-order valence-corrected chi connectivity index (χ0v) is 8.83. The molecule has 1 atom stereocenters. The molecule has 0 aromatic rings. The van der Waals surface area contributed by atoms with Gasteiger partial charge in [-0.05, 0) is 6.92 Å². The van der Waals surface area contributed by atoms with E-state index in [1.807, 2.05) is 13.8 Å². The summed E-state index contributed by atoms with van der Waals surface area (Å²) < 4.78 is 4.50. The maximum Gasteiger partial charge on any atom is 0.409 e. The van der Waals surface area contributed by atoms with Crippen molar-refractivity contribution in [1.29, 1.82) is 0 Å². The second kappa shape index (κ2) is 4.84. The molecule has 0 aromatic heterocycles. The monoisotopic (exact) mass is 187 g/mol. The van der Waals surface area contributed by atoms with Crippen LogP contribution in [-0.4, -0.2) is 37.0 Å². The van der Waals surface area contributed by atoms with E-state index in [4.69, 9.17) is 0 Å². The van der Waals surface area contributed by atoms with Gasteiger partial charge in [0.2, 0.25) is 0 Å². The van der Waals surface area contributed by atoms with Crippen LogP contribution in [0.1, 0.15) is 20.8 Å². The van der Waals surface area contributed by atoms with Crippen LogP contribution < -0.4 is 0 Å². The van der Waals surface area contributed by atoms with Gasteiger partial charge < -0.3 is 9.64 Å². The SMILES string of the molecule is COC(=O)N(C)C(C)C(=O)C(C)C. The third-order valence-electron chi connectivity index (χ3n) is 2.02. The standard InChI is InChI=1S/C9H17NO3/c1-6(2)8(11)7(3)10(4)9(12)13-5/h6-7H,1-5H3. The molecule has 0 fully saturated rings. The molecule has 0 aliphatic rings. The molecular formula is C9H17NO3. The molecule has 0 rings (SSSR count). The Labute approximate surface area is 78.9 Å². The van der Waals surface area contributed by atoms with Gasteiger partial charge in [0.25, 0.3) is 0 Å². The van der Waals surface area contributed by atoms with E-state index in [0.717, 1.165) is 0 Å². The highest BCUT2D eigenvalue weighted by molar-refractivity contribution is 5.88. The summed E-state index contributed by atoms with van der Waals surface area (Å²) in [5, 5.41) is 0. The average Bonchev–Trinajstić information content (AvgIpc) is 2.12. The molecule has 76 valence electrons. The molecule has 0 aliphatic carbocycles. The predicted molar refractivity (Wildman–Crippen MR) is 49.5 cm³/mol. The van der Waals surface area contributed by atoms with E-state index in [1.54, 1.807) is 14.0 Å². The number of hydrogen-bond acceptors (Lipinski definition) is 3. The molecule has 0 heterocycles. The van der Waals surface area contributed by atoms with Gasteiger partial charge in [-0.2, -0.15) is 0 Å². The summed E-state index contributed by atoms with van der Waals surface area (Å²) in [7, 11) is 2.85. The molecule has 0 radical (unpaired) electrons. The number of rotatable bonds is 3. The van der Waals surface area contributed by atoms with Gasteiger partial charge in [0.1, 0.15) is 0 Å². The highest BCUT2D eigenvalue weighted by atomic mass is 16.5. The summed E-state index contributed by atoms with van der Waals surface area (Å²) in [5.74, 6) is -0.0324. The number of hydrogen-bond donors (Lipinski definition) is 0. The Kier molecular flexibility index (Phi) is 4.45. The average molecular weight is 187 g/mol. The van der Waals surface area contributed by atoms with Gasteiger partial charge in [-0.1, -0.05) is 13.8 Å². The first-order chi connectivity index (χ1) is 5.91. The molecule has 4 nitrogen and oxygen atoms in total. The molecule has 1 unspecified atom stereocenters. The number of nitrogens with zero attached hydrogens (tertiary/aromatic N) is 1. The maximum atomic E-state index is 11.5. The van der Waals surface area contributed by atoms with Crippen molar-refractivity contribution < 1.29 is 14.3 Å². The van der Waals surface area contributed by atoms with Gasteiger partial charge in [-0.25, -0.2) is 4.79 Å². The number of carbonyl (C=O) groups excluding carboxylic acids is 2. The fourth-order valence-corrected chi connectivity index (χ4v) is 0.975. The van der Waals surface area contributed by atoms with E-state index < -0.39 is 12.1 Å². The lowest BCUT2D eigenvalue weighted by Gasteiger charge is -2.23. The smallest absolute Gasteiger partial charge is 0.409 e. The predicted octanol–water partition coefficient (Wildman–Crippen LogP) is 1.30. The highest BCUT2D eigenvalue weighted by Gasteiger charge is 2.24. The van der Waals surface area contributed by atoms with Gasteiger partial charge in [-0.3, -0.25) is 4.79 Å². The molecule has 0 saturated heterocycles. The van der Waals surface area contributed by atoms with E-state index in [0.29, 0.717) is 0 Å². The van der Waals surface area contributed by atoms with Crippen molar-refractivity contribution in [1.82, 2.24) is 4.90 Å². The van der Waals surface area contributed by atoms with Gasteiger partial charge in [0.05, 0.1) is 13.2 Å². The molecular weight excluding hydrogens is 170 g/mol. The summed E-state index contributed by atoms with van der Waals surface area (Å²) in [6.45, 7) is 5.31. The van der Waals surface area contributed by atoms with Crippen LogP contribution in [-0.2, 0) is 9.53 Å². The van der Waals surface area contributed by atoms with E-state index in [9.17, 15) is 9.59 Å². The largest absolute Gasteiger partial charge is 0.453 e. The van der Waals surface area contributed by atoms with E-state index in [-0.39, 0.29) is 11.7 Å². The van der Waals surface area contributed by atoms with Crippen LogP contribution in [0.25, 0.3) is 0 Å². The summed E-state index contributed by atoms with van der Waals surface area (Å²) >= 11 is 0. The lowest BCUT2D eigenvalue weighted by molar-refractivity contribution is -0.125. The zero-order chi connectivity index (χ0) is 10.6. The van der Waals surface area contributed by atoms with Crippen molar-refractivity contribution in [3.8, 4) is 0 Å². The van der Waals surface area contributed by atoms with E-state index >= 15 is 0 Å². The number of carbonyl (C=O) groups is 2. The van der Waals surface area contributed by atoms with Crippen LogP contribution in [0.5, 0.6) is 0 Å². The van der Waals surface area contributed by atoms with Gasteiger partial charge in [0.15, 0.2) is 5.78 Å². The zero-order valence-electron chi connectivity index (χ0n) is 8.83. The maximum absolute atomic E-state index is 11.5. The molecule has 0 spiro atoms. The Balaban J connectivity index is 4.33. The minimum absolute atomic E-state index is 0.0351. The van der Waals surface area contributed by atoms with Gasteiger partial charge in [0, 0.05) is 13.0 Å². The number of ether oxygens (including phenoxy) is 1. The van der Waals surface area contributed by atoms with E-state index in [2.05, 4.69) is 4.74 Å². The fourth-order valence-electron chi connectivity index (χ4n) is 0.975. The molecule has 0 N–H and O–H groups in total. The number of ketones is 1. The molecule has 13 heavy (non-hydrogen) atoms. The number of likely N-dealkylation sites (N-methyl/N-ethyl adjacent to an activating group) is 1. The second-order valence-corrected chi connectivity index (χ2v) is 3.31. The Morgan fingerprint density at radius 3 is 2.00 bits per heavy atom. The number of amides is 1. The first kappa shape index (κ1) is 11.9. The molecule has 0 bridgehead atoms. The Morgan fingerprint density at radius 2 is 1.69 bits per heavy atom. The van der Waals surface area contributed by atoms with Crippen LogP contribution >= 0.6 is 0 Å². The minimum atomic E-state index is -0.485. The number of Topliss-reactive ketones (excluding diaryl/α,β-unsaturated/α-hetero) is 1. The topological polar surface area (TPSA) is 46.6 Å². The summed E-state index contributed by atoms with van der Waals surface area (Å²) in [4.78, 5) is 23.8. The van der Waals surface area contributed by atoms with Crippen molar-refractivity contribution in [2.75, 3.05) is 14.2 Å². The quantitative estimate of drug-likeness (QED) is 0.669. The molecule has 1 amide bonds. The highest BCUT2D eigenvalue weighted by Crippen LogP contribution is 2.06. The third kappa shape index (κ3) is 3.05. The Hall–Kier alpha value is -1.06. The summed E-state index contributed by atoms with van der Waals surface area (Å²) in [6.07, 6.45) is -0.485. The lowest BCUT2D eigenvalue weighted by Crippen LogP contribution is -2.41. The van der Waals surface area contributed by atoms with Crippen LogP contribution in [0.3, 0.4) is 0 Å². The molecule has 0 aromatic carbocycles. The third-order valence-corrected chi connectivity index (χ3v) is 2.02. The van der Waals surface area contributed by atoms with Crippen molar-refractivity contribution in [3.05, 3.63) is 0 Å². The lowest BCUT2D eigenvalue weighted by atomic mass is 10.0. The first-order valence-electron chi connectivity index (χ1n) is 4.26. The van der Waals surface area contributed by atoms with Crippen LogP contribution in [0.2, 0.25) is 0 Å². The fraction of sp³-hybridized carbons (Fsp3) is 0.778. The van der Waals surface area contributed by atoms with Gasteiger partial charge >= 0.3 is 6.09 Å². The van der Waals surface area contributed by atoms with Crippen LogP contribution in [0.4, 0.5) is 4.79 Å². The van der Waals surface area contributed by atoms with E-state index in [1.165, 1.54) is 12.0 Å². The van der Waals surface area contributed by atoms with Crippen molar-refractivity contribution >= 4 is 11.9 Å². The van der Waals surface area contributed by atoms with Crippen molar-refractivity contribution in [2.45, 2.75) is 26.8 Å². The van der Waals surface area contributed by atoms with Gasteiger partial charge in [-0.15, -0.1) is 0 Å². The Morgan fingerprint density at radius 1 is 1.23 bits per heavy atom. The number of methoxy groups -OCH3 is 1. The second-order valence-electron chi connectivity index (χ2n) is 3.31.